The standard InChI is InChI=1S/C11H16F3N5O2/c1-10(2,3)21-9(20)19-18-7-5-6(11(12,13)14)16-8(15-4)17-7/h5H,1-4H3,(H,19,20)(H2,15,16,17,18). The Morgan fingerprint density at radius 1 is 1.24 bits per heavy atom. The Kier molecular flexibility index (Phi) is 4.81. The summed E-state index contributed by atoms with van der Waals surface area (Å²) in [6.45, 7) is 4.95. The van der Waals surface area contributed by atoms with Crippen LogP contribution < -0.4 is 16.2 Å². The molecule has 0 spiro atoms. The largest absolute Gasteiger partial charge is 0.443 e. The van der Waals surface area contributed by atoms with Crippen molar-refractivity contribution < 1.29 is 22.7 Å². The van der Waals surface area contributed by atoms with Crippen molar-refractivity contribution in [3.63, 3.8) is 0 Å². The van der Waals surface area contributed by atoms with Gasteiger partial charge in [-0.3, -0.25) is 5.43 Å². The van der Waals surface area contributed by atoms with Crippen molar-refractivity contribution in [3.05, 3.63) is 11.8 Å². The van der Waals surface area contributed by atoms with Gasteiger partial charge in [-0.25, -0.2) is 15.2 Å². The zero-order valence-electron chi connectivity index (χ0n) is 11.9. The van der Waals surface area contributed by atoms with Gasteiger partial charge in [0, 0.05) is 13.1 Å². The van der Waals surface area contributed by atoms with Crippen molar-refractivity contribution in [2.75, 3.05) is 17.8 Å². The minimum atomic E-state index is -4.63. The molecule has 0 radical (unpaired) electrons. The Morgan fingerprint density at radius 2 is 1.86 bits per heavy atom. The third-order valence-electron chi connectivity index (χ3n) is 1.93. The number of carbonyl (C=O) groups excluding carboxylic acids is 1. The first-order chi connectivity index (χ1) is 9.51. The van der Waals surface area contributed by atoms with E-state index >= 15 is 0 Å². The van der Waals surface area contributed by atoms with E-state index in [0.717, 1.165) is 0 Å². The van der Waals surface area contributed by atoms with Crippen molar-refractivity contribution in [2.45, 2.75) is 32.5 Å². The number of ether oxygens (including phenoxy) is 1. The second-order valence-corrected chi connectivity index (χ2v) is 4.96. The molecule has 0 aliphatic heterocycles. The lowest BCUT2D eigenvalue weighted by atomic mass is 10.2. The maximum atomic E-state index is 12.6. The fourth-order valence-corrected chi connectivity index (χ4v) is 1.19. The fourth-order valence-electron chi connectivity index (χ4n) is 1.19. The molecule has 0 fully saturated rings. The normalized spacial score (nSPS) is 11.8. The number of amides is 1. The minimum Gasteiger partial charge on any atom is -0.443 e. The first kappa shape index (κ1) is 16.8. The number of hydrogen-bond acceptors (Lipinski definition) is 6. The third kappa shape index (κ3) is 5.71. The molecule has 0 aliphatic rings. The molecule has 3 N–H and O–H groups in total. The van der Waals surface area contributed by atoms with Gasteiger partial charge in [0.05, 0.1) is 0 Å². The Balaban J connectivity index is 2.82. The predicted octanol–water partition coefficient (Wildman–Crippen LogP) is 2.39. The second-order valence-electron chi connectivity index (χ2n) is 4.96. The monoisotopic (exact) mass is 307 g/mol. The van der Waals surface area contributed by atoms with Crippen LogP contribution in [0.5, 0.6) is 0 Å². The minimum absolute atomic E-state index is 0.229. The molecule has 10 heteroatoms. The van der Waals surface area contributed by atoms with Crippen molar-refractivity contribution >= 4 is 17.9 Å². The van der Waals surface area contributed by atoms with E-state index in [4.69, 9.17) is 4.74 Å². The quantitative estimate of drug-likeness (QED) is 0.743. The van der Waals surface area contributed by atoms with Gasteiger partial charge in [0.25, 0.3) is 0 Å². The van der Waals surface area contributed by atoms with Crippen LogP contribution in [0.25, 0.3) is 0 Å². The van der Waals surface area contributed by atoms with Gasteiger partial charge in [0.15, 0.2) is 11.5 Å². The fraction of sp³-hybridized carbons (Fsp3) is 0.545. The first-order valence-electron chi connectivity index (χ1n) is 5.90. The summed E-state index contributed by atoms with van der Waals surface area (Å²) in [5.41, 5.74) is 2.45. The summed E-state index contributed by atoms with van der Waals surface area (Å²) < 4.78 is 42.9. The molecule has 0 bridgehead atoms. The maximum Gasteiger partial charge on any atom is 0.433 e. The number of nitrogens with one attached hydrogen (secondary N) is 3. The van der Waals surface area contributed by atoms with Crippen LogP contribution in [0.15, 0.2) is 6.07 Å². The van der Waals surface area contributed by atoms with E-state index in [-0.39, 0.29) is 11.8 Å². The van der Waals surface area contributed by atoms with Crippen LogP contribution in [-0.2, 0) is 10.9 Å². The summed E-state index contributed by atoms with van der Waals surface area (Å²) in [5.74, 6) is -0.467. The lowest BCUT2D eigenvalue weighted by Gasteiger charge is -2.20. The highest BCUT2D eigenvalue weighted by molar-refractivity contribution is 5.69. The van der Waals surface area contributed by atoms with Crippen LogP contribution in [0.2, 0.25) is 0 Å². The molecule has 1 aromatic rings. The van der Waals surface area contributed by atoms with Crippen LogP contribution in [0, 0.1) is 0 Å². The molecule has 1 aromatic heterocycles. The van der Waals surface area contributed by atoms with Crippen molar-refractivity contribution in [1.29, 1.82) is 0 Å². The van der Waals surface area contributed by atoms with Crippen molar-refractivity contribution in [1.82, 2.24) is 15.4 Å². The van der Waals surface area contributed by atoms with E-state index in [0.29, 0.717) is 6.07 Å². The van der Waals surface area contributed by atoms with Crippen LogP contribution in [0.3, 0.4) is 0 Å². The molecule has 0 unspecified atom stereocenters. The molecule has 0 aliphatic carbocycles. The molecule has 7 nitrogen and oxygen atoms in total. The summed E-state index contributed by atoms with van der Waals surface area (Å²) in [7, 11) is 1.38. The van der Waals surface area contributed by atoms with Gasteiger partial charge in [-0.2, -0.15) is 18.2 Å². The Hall–Kier alpha value is -2.26. The van der Waals surface area contributed by atoms with Crippen molar-refractivity contribution in [3.8, 4) is 0 Å². The zero-order chi connectivity index (χ0) is 16.3. The summed E-state index contributed by atoms with van der Waals surface area (Å²) in [6.07, 6.45) is -5.47. The highest BCUT2D eigenvalue weighted by Gasteiger charge is 2.33. The molecular weight excluding hydrogens is 291 g/mol. The summed E-state index contributed by atoms with van der Waals surface area (Å²) in [5, 5.41) is 2.40. The molecule has 0 saturated heterocycles. The van der Waals surface area contributed by atoms with E-state index in [1.54, 1.807) is 20.8 Å². The van der Waals surface area contributed by atoms with E-state index in [1.165, 1.54) is 7.05 Å². The first-order valence-corrected chi connectivity index (χ1v) is 5.90. The summed E-state index contributed by atoms with van der Waals surface area (Å²) in [4.78, 5) is 18.4. The number of nitrogens with zero attached hydrogens (tertiary/aromatic N) is 2. The number of hydrogen-bond donors (Lipinski definition) is 3. The van der Waals surface area contributed by atoms with Crippen molar-refractivity contribution in [2.24, 2.45) is 0 Å². The zero-order valence-corrected chi connectivity index (χ0v) is 11.9. The average molecular weight is 307 g/mol. The Labute approximate surface area is 119 Å². The highest BCUT2D eigenvalue weighted by atomic mass is 19.4. The van der Waals surface area contributed by atoms with E-state index in [9.17, 15) is 18.0 Å². The van der Waals surface area contributed by atoms with Crippen LogP contribution in [0.4, 0.5) is 29.7 Å². The number of halogens is 3. The molecule has 21 heavy (non-hydrogen) atoms. The van der Waals surface area contributed by atoms with Crippen LogP contribution >= 0.6 is 0 Å². The molecule has 0 atom stereocenters. The van der Waals surface area contributed by atoms with Crippen LogP contribution in [0.1, 0.15) is 26.5 Å². The molecule has 118 valence electrons. The smallest absolute Gasteiger partial charge is 0.433 e. The molecule has 1 amide bonds. The molecule has 1 heterocycles. The average Bonchev–Trinajstić information content (AvgIpc) is 2.33. The topological polar surface area (TPSA) is 88.2 Å². The molecule has 0 aromatic carbocycles. The number of carbonyl (C=O) groups is 1. The second kappa shape index (κ2) is 6.02. The van der Waals surface area contributed by atoms with Gasteiger partial charge in [0.1, 0.15) is 5.60 Å². The third-order valence-corrected chi connectivity index (χ3v) is 1.93. The Morgan fingerprint density at radius 3 is 2.33 bits per heavy atom. The lowest BCUT2D eigenvalue weighted by molar-refractivity contribution is -0.141. The summed E-state index contributed by atoms with van der Waals surface area (Å²) in [6, 6.07) is 0.665. The number of aromatic nitrogens is 2. The van der Waals surface area contributed by atoms with Gasteiger partial charge in [-0.15, -0.1) is 0 Å². The number of hydrazine groups is 1. The van der Waals surface area contributed by atoms with E-state index in [2.05, 4.69) is 26.1 Å². The van der Waals surface area contributed by atoms with Gasteiger partial charge in [-0.1, -0.05) is 0 Å². The lowest BCUT2D eigenvalue weighted by Crippen LogP contribution is -2.36. The Bertz CT molecular complexity index is 514. The number of anilines is 2. The van der Waals surface area contributed by atoms with Gasteiger partial charge >= 0.3 is 12.3 Å². The van der Waals surface area contributed by atoms with E-state index in [1.807, 2.05) is 0 Å². The van der Waals surface area contributed by atoms with Gasteiger partial charge in [0.2, 0.25) is 5.95 Å². The summed E-state index contributed by atoms with van der Waals surface area (Å²) >= 11 is 0. The molecule has 1 rings (SSSR count). The molecular formula is C11H16F3N5O2. The molecule has 0 saturated carbocycles. The number of alkyl halides is 3. The van der Waals surface area contributed by atoms with E-state index < -0.39 is 23.6 Å². The maximum absolute atomic E-state index is 12.6. The van der Waals surface area contributed by atoms with Gasteiger partial charge in [-0.05, 0) is 20.8 Å². The predicted molar refractivity (Wildman–Crippen MR) is 69.6 cm³/mol. The van der Waals surface area contributed by atoms with Gasteiger partial charge < -0.3 is 10.1 Å². The number of rotatable bonds is 3. The van der Waals surface area contributed by atoms with Crippen LogP contribution in [-0.4, -0.2) is 28.7 Å². The highest BCUT2D eigenvalue weighted by Crippen LogP contribution is 2.29. The SMILES string of the molecule is CNc1nc(NNC(=O)OC(C)(C)C)cc(C(F)(F)F)n1.